The van der Waals surface area contributed by atoms with E-state index >= 15 is 0 Å². The number of methoxy groups -OCH3 is 1. The number of carbonyl (C=O) groups is 2. The molecule has 0 atom stereocenters. The molecule has 0 unspecified atom stereocenters. The van der Waals surface area contributed by atoms with Gasteiger partial charge in [0.15, 0.2) is 0 Å². The van der Waals surface area contributed by atoms with Gasteiger partial charge in [-0.3, -0.25) is 4.79 Å². The quantitative estimate of drug-likeness (QED) is 0.516. The first-order chi connectivity index (χ1) is 12.5. The molecule has 1 amide bonds. The zero-order valence-corrected chi connectivity index (χ0v) is 16.2. The predicted octanol–water partition coefficient (Wildman–Crippen LogP) is 3.90. The van der Waals surface area contributed by atoms with Gasteiger partial charge in [0.1, 0.15) is 12.4 Å². The second kappa shape index (κ2) is 9.94. The molecule has 0 spiro atoms. The molecule has 0 fully saturated rings. The van der Waals surface area contributed by atoms with Gasteiger partial charge in [0.25, 0.3) is 5.91 Å². The third-order valence-electron chi connectivity index (χ3n) is 3.39. The number of anilines is 1. The lowest BCUT2D eigenvalue weighted by Gasteiger charge is -2.12. The Morgan fingerprint density at radius 2 is 1.81 bits per heavy atom. The molecule has 6 nitrogen and oxygen atoms in total. The second-order valence-corrected chi connectivity index (χ2v) is 6.15. The Morgan fingerprint density at radius 3 is 2.46 bits per heavy atom. The summed E-state index contributed by atoms with van der Waals surface area (Å²) in [6.45, 7) is 2.82. The van der Waals surface area contributed by atoms with E-state index in [1.165, 1.54) is 0 Å². The molecule has 2 rings (SSSR count). The summed E-state index contributed by atoms with van der Waals surface area (Å²) in [5.74, 6) is -0.250. The highest BCUT2D eigenvalue weighted by atomic mass is 79.9. The van der Waals surface area contributed by atoms with Crippen LogP contribution in [0.2, 0.25) is 0 Å². The molecule has 0 aromatic heterocycles. The minimum absolute atomic E-state index is 0.312. The highest BCUT2D eigenvalue weighted by Gasteiger charge is 2.14. The van der Waals surface area contributed by atoms with Crippen LogP contribution in [0.4, 0.5) is 5.69 Å². The summed E-state index contributed by atoms with van der Waals surface area (Å²) in [5, 5.41) is 2.79. The van der Waals surface area contributed by atoms with Crippen LogP contribution in [0.1, 0.15) is 27.6 Å². The number of hydrogen-bond acceptors (Lipinski definition) is 5. The molecule has 138 valence electrons. The Kier molecular flexibility index (Phi) is 7.62. The number of rotatable bonds is 8. The Labute approximate surface area is 160 Å². The van der Waals surface area contributed by atoms with Crippen molar-refractivity contribution in [1.82, 2.24) is 0 Å². The molecule has 0 saturated carbocycles. The summed E-state index contributed by atoms with van der Waals surface area (Å²) in [7, 11) is 1.58. The van der Waals surface area contributed by atoms with Gasteiger partial charge in [-0.25, -0.2) is 4.79 Å². The summed E-state index contributed by atoms with van der Waals surface area (Å²) in [6.07, 6.45) is 0. The Balaban J connectivity index is 2.11. The first-order valence-corrected chi connectivity index (χ1v) is 8.84. The lowest BCUT2D eigenvalue weighted by Crippen LogP contribution is -2.15. The molecule has 0 saturated heterocycles. The van der Waals surface area contributed by atoms with Gasteiger partial charge in [-0.2, -0.15) is 0 Å². The normalized spacial score (nSPS) is 10.3. The number of benzene rings is 2. The van der Waals surface area contributed by atoms with E-state index < -0.39 is 5.97 Å². The molecular formula is C19H20BrNO5. The summed E-state index contributed by atoms with van der Waals surface area (Å²) < 4.78 is 16.3. The van der Waals surface area contributed by atoms with Gasteiger partial charge in [0, 0.05) is 17.3 Å². The number of halogens is 1. The summed E-state index contributed by atoms with van der Waals surface area (Å²) in [5.41, 5.74) is 1.38. The monoisotopic (exact) mass is 421 g/mol. The molecule has 2 aromatic carbocycles. The van der Waals surface area contributed by atoms with E-state index in [2.05, 4.69) is 21.2 Å². The van der Waals surface area contributed by atoms with Gasteiger partial charge in [-0.05, 0) is 49.4 Å². The van der Waals surface area contributed by atoms with E-state index in [1.54, 1.807) is 56.5 Å². The number of nitrogens with one attached hydrogen (secondary N) is 1. The topological polar surface area (TPSA) is 73.9 Å². The van der Waals surface area contributed by atoms with E-state index in [0.29, 0.717) is 42.4 Å². The maximum atomic E-state index is 12.6. The summed E-state index contributed by atoms with van der Waals surface area (Å²) in [6, 6.07) is 11.7. The van der Waals surface area contributed by atoms with Gasteiger partial charge in [-0.15, -0.1) is 0 Å². The zero-order chi connectivity index (χ0) is 18.9. The van der Waals surface area contributed by atoms with Crippen LogP contribution in [0.5, 0.6) is 5.75 Å². The molecule has 0 aliphatic rings. The minimum Gasteiger partial charge on any atom is -0.490 e. The van der Waals surface area contributed by atoms with E-state index in [1.807, 2.05) is 0 Å². The average Bonchev–Trinajstić information content (AvgIpc) is 2.64. The van der Waals surface area contributed by atoms with Gasteiger partial charge in [0.2, 0.25) is 0 Å². The van der Waals surface area contributed by atoms with Crippen LogP contribution < -0.4 is 10.1 Å². The number of ether oxygens (including phenoxy) is 3. The fraction of sp³-hybridized carbons (Fsp3) is 0.263. The SMILES string of the molecule is CCOC(=O)c1ccc(NC(=O)c2cc(Br)ccc2OCCOC)cc1. The van der Waals surface area contributed by atoms with Crippen molar-refractivity contribution in [3.8, 4) is 5.75 Å². The fourth-order valence-electron chi connectivity index (χ4n) is 2.14. The molecule has 0 aliphatic carbocycles. The zero-order valence-electron chi connectivity index (χ0n) is 14.6. The molecule has 0 heterocycles. The number of carbonyl (C=O) groups excluding carboxylic acids is 2. The molecular weight excluding hydrogens is 402 g/mol. The molecule has 0 bridgehead atoms. The van der Waals surface area contributed by atoms with Gasteiger partial charge >= 0.3 is 5.97 Å². The molecule has 26 heavy (non-hydrogen) atoms. The first kappa shape index (κ1) is 19.9. The third kappa shape index (κ3) is 5.57. The largest absolute Gasteiger partial charge is 0.490 e. The maximum Gasteiger partial charge on any atom is 0.338 e. The number of hydrogen-bond donors (Lipinski definition) is 1. The van der Waals surface area contributed by atoms with Crippen LogP contribution in [0.15, 0.2) is 46.9 Å². The van der Waals surface area contributed by atoms with E-state index in [9.17, 15) is 9.59 Å². The molecule has 7 heteroatoms. The maximum absolute atomic E-state index is 12.6. The van der Waals surface area contributed by atoms with Crippen molar-refractivity contribution >= 4 is 33.5 Å². The van der Waals surface area contributed by atoms with Crippen LogP contribution >= 0.6 is 15.9 Å². The van der Waals surface area contributed by atoms with Crippen LogP contribution in [-0.2, 0) is 9.47 Å². The van der Waals surface area contributed by atoms with Gasteiger partial charge < -0.3 is 19.5 Å². The first-order valence-electron chi connectivity index (χ1n) is 8.05. The molecule has 0 radical (unpaired) electrons. The standard InChI is InChI=1S/C19H20BrNO5/c1-3-25-19(23)13-4-7-15(8-5-13)21-18(22)16-12-14(20)6-9-17(16)26-11-10-24-2/h4-9,12H,3,10-11H2,1-2H3,(H,21,22). The van der Waals surface area contributed by atoms with Crippen molar-refractivity contribution in [1.29, 1.82) is 0 Å². The molecule has 2 aromatic rings. The summed E-state index contributed by atoms with van der Waals surface area (Å²) >= 11 is 3.36. The molecule has 1 N–H and O–H groups in total. The average molecular weight is 422 g/mol. The smallest absolute Gasteiger partial charge is 0.338 e. The third-order valence-corrected chi connectivity index (χ3v) is 3.88. The Hall–Kier alpha value is -2.38. The number of esters is 1. The van der Waals surface area contributed by atoms with Crippen molar-refractivity contribution in [2.24, 2.45) is 0 Å². The van der Waals surface area contributed by atoms with Crippen molar-refractivity contribution in [2.75, 3.05) is 32.2 Å². The van der Waals surface area contributed by atoms with Crippen molar-refractivity contribution in [3.05, 3.63) is 58.1 Å². The lowest BCUT2D eigenvalue weighted by molar-refractivity contribution is 0.0526. The highest BCUT2D eigenvalue weighted by molar-refractivity contribution is 9.10. The lowest BCUT2D eigenvalue weighted by atomic mass is 10.1. The minimum atomic E-state index is -0.397. The Morgan fingerprint density at radius 1 is 1.08 bits per heavy atom. The van der Waals surface area contributed by atoms with Crippen molar-refractivity contribution in [2.45, 2.75) is 6.92 Å². The Bertz CT molecular complexity index is 761. The van der Waals surface area contributed by atoms with E-state index in [0.717, 1.165) is 4.47 Å². The van der Waals surface area contributed by atoms with Crippen LogP contribution in [0.3, 0.4) is 0 Å². The van der Waals surface area contributed by atoms with Crippen molar-refractivity contribution in [3.63, 3.8) is 0 Å². The van der Waals surface area contributed by atoms with Gasteiger partial charge in [0.05, 0.1) is 24.3 Å². The van der Waals surface area contributed by atoms with Crippen LogP contribution in [0, 0.1) is 0 Å². The van der Waals surface area contributed by atoms with Gasteiger partial charge in [-0.1, -0.05) is 15.9 Å². The van der Waals surface area contributed by atoms with Crippen LogP contribution in [0.25, 0.3) is 0 Å². The number of amides is 1. The van der Waals surface area contributed by atoms with E-state index in [-0.39, 0.29) is 5.91 Å². The highest BCUT2D eigenvalue weighted by Crippen LogP contribution is 2.24. The second-order valence-electron chi connectivity index (χ2n) is 5.23. The predicted molar refractivity (Wildman–Crippen MR) is 102 cm³/mol. The summed E-state index contributed by atoms with van der Waals surface area (Å²) in [4.78, 5) is 24.3. The van der Waals surface area contributed by atoms with E-state index in [4.69, 9.17) is 14.2 Å². The van der Waals surface area contributed by atoms with Crippen LogP contribution in [-0.4, -0.2) is 38.8 Å². The van der Waals surface area contributed by atoms with Crippen molar-refractivity contribution < 1.29 is 23.8 Å². The molecule has 0 aliphatic heterocycles. The fourth-order valence-corrected chi connectivity index (χ4v) is 2.50.